The topological polar surface area (TPSA) is 16.1 Å². The molecule has 4 heteroatoms. The molecule has 1 heterocycles. The molecule has 0 spiro atoms. The van der Waals surface area contributed by atoms with Crippen molar-refractivity contribution in [3.63, 3.8) is 0 Å². The van der Waals surface area contributed by atoms with Crippen LogP contribution >= 0.6 is 11.6 Å². The van der Waals surface area contributed by atoms with Gasteiger partial charge in [0.25, 0.3) is 0 Å². The number of hydrogen-bond donors (Lipinski definition) is 0. The van der Waals surface area contributed by atoms with Crippen LogP contribution in [-0.4, -0.2) is 4.98 Å². The molecule has 0 unspecified atom stereocenters. The number of halogens is 2. The second-order valence-corrected chi connectivity index (χ2v) is 6.81. The number of pyridine rings is 1. The van der Waals surface area contributed by atoms with E-state index in [1.54, 1.807) is 18.3 Å². The molecular formula is C23H18ClFN2. The minimum atomic E-state index is -0.355. The quantitative estimate of drug-likeness (QED) is 0.383. The standard InChI is InChI=1S/C23H18ClFN2/c24-23-22-19(11-12-26-23)13-20(14-21(22)25)27(15-17-7-3-1-4-8-17)16-18-9-5-2-6-10-18/h1-14H,15-16H2. The Kier molecular flexibility index (Phi) is 5.03. The zero-order valence-electron chi connectivity index (χ0n) is 14.6. The molecule has 0 amide bonds. The number of fused-ring (bicyclic) bond motifs is 1. The van der Waals surface area contributed by atoms with Crippen LogP contribution in [0.25, 0.3) is 10.8 Å². The summed E-state index contributed by atoms with van der Waals surface area (Å²) in [4.78, 5) is 6.16. The smallest absolute Gasteiger partial charge is 0.139 e. The molecular weight excluding hydrogens is 359 g/mol. The first kappa shape index (κ1) is 17.5. The lowest BCUT2D eigenvalue weighted by molar-refractivity contribution is 0.637. The molecule has 0 aliphatic carbocycles. The molecule has 0 saturated carbocycles. The Balaban J connectivity index is 1.76. The molecule has 0 fully saturated rings. The maximum Gasteiger partial charge on any atom is 0.139 e. The minimum Gasteiger partial charge on any atom is -0.363 e. The average molecular weight is 377 g/mol. The lowest BCUT2D eigenvalue weighted by Crippen LogP contribution is -2.22. The van der Waals surface area contributed by atoms with Gasteiger partial charge in [-0.3, -0.25) is 0 Å². The highest BCUT2D eigenvalue weighted by molar-refractivity contribution is 6.34. The van der Waals surface area contributed by atoms with Crippen LogP contribution in [0.1, 0.15) is 11.1 Å². The molecule has 0 N–H and O–H groups in total. The van der Waals surface area contributed by atoms with Gasteiger partial charge in [0, 0.05) is 25.0 Å². The van der Waals surface area contributed by atoms with E-state index in [1.807, 2.05) is 42.5 Å². The number of aromatic nitrogens is 1. The van der Waals surface area contributed by atoms with Crippen molar-refractivity contribution < 1.29 is 4.39 Å². The van der Waals surface area contributed by atoms with Crippen LogP contribution in [0.5, 0.6) is 0 Å². The minimum absolute atomic E-state index is 0.189. The summed E-state index contributed by atoms with van der Waals surface area (Å²) in [6.07, 6.45) is 1.60. The maximum atomic E-state index is 14.8. The molecule has 0 saturated heterocycles. The number of hydrogen-bond acceptors (Lipinski definition) is 2. The van der Waals surface area contributed by atoms with Crippen LogP contribution in [0.4, 0.5) is 10.1 Å². The Hall–Kier alpha value is -2.91. The van der Waals surface area contributed by atoms with Crippen LogP contribution < -0.4 is 4.90 Å². The van der Waals surface area contributed by atoms with E-state index < -0.39 is 0 Å². The first-order chi connectivity index (χ1) is 13.2. The van der Waals surface area contributed by atoms with E-state index in [4.69, 9.17) is 11.6 Å². The summed E-state index contributed by atoms with van der Waals surface area (Å²) in [5, 5.41) is 1.30. The lowest BCUT2D eigenvalue weighted by Gasteiger charge is -2.26. The molecule has 3 aromatic carbocycles. The largest absolute Gasteiger partial charge is 0.363 e. The van der Waals surface area contributed by atoms with Crippen LogP contribution in [0.2, 0.25) is 5.15 Å². The second-order valence-electron chi connectivity index (χ2n) is 6.45. The summed E-state index contributed by atoms with van der Waals surface area (Å²) in [5.74, 6) is -0.355. The third-order valence-corrected chi connectivity index (χ3v) is 4.84. The highest BCUT2D eigenvalue weighted by Gasteiger charge is 2.14. The molecule has 2 nitrogen and oxygen atoms in total. The number of nitrogens with zero attached hydrogens (tertiary/aromatic N) is 2. The van der Waals surface area contributed by atoms with Gasteiger partial charge in [0.15, 0.2) is 0 Å². The molecule has 0 radical (unpaired) electrons. The molecule has 0 aliphatic heterocycles. The van der Waals surface area contributed by atoms with Gasteiger partial charge in [-0.25, -0.2) is 9.37 Å². The number of rotatable bonds is 5. The van der Waals surface area contributed by atoms with Crippen LogP contribution in [0.15, 0.2) is 85.1 Å². The van der Waals surface area contributed by atoms with Gasteiger partial charge in [0.05, 0.1) is 5.39 Å². The Morgan fingerprint density at radius 2 is 1.41 bits per heavy atom. The zero-order chi connectivity index (χ0) is 18.6. The Bertz CT molecular complexity index is 1010. The molecule has 0 aliphatic rings. The molecule has 27 heavy (non-hydrogen) atoms. The van der Waals surface area contributed by atoms with Crippen LogP contribution in [-0.2, 0) is 13.1 Å². The second kappa shape index (κ2) is 7.77. The Morgan fingerprint density at radius 3 is 2.00 bits per heavy atom. The molecule has 0 atom stereocenters. The van der Waals surface area contributed by atoms with Gasteiger partial charge >= 0.3 is 0 Å². The Labute approximate surface area is 162 Å². The van der Waals surface area contributed by atoms with Crippen molar-refractivity contribution in [2.24, 2.45) is 0 Å². The third kappa shape index (κ3) is 3.93. The van der Waals surface area contributed by atoms with E-state index in [0.717, 1.165) is 11.1 Å². The SMILES string of the molecule is Fc1cc(N(Cc2ccccc2)Cc2ccccc2)cc2ccnc(Cl)c12. The first-order valence-corrected chi connectivity index (χ1v) is 9.15. The van der Waals surface area contributed by atoms with Gasteiger partial charge < -0.3 is 4.90 Å². The summed E-state index contributed by atoms with van der Waals surface area (Å²) in [5.41, 5.74) is 3.15. The summed E-state index contributed by atoms with van der Waals surface area (Å²) >= 11 is 6.09. The van der Waals surface area contributed by atoms with Gasteiger partial charge in [-0.1, -0.05) is 72.3 Å². The molecule has 0 bridgehead atoms. The predicted octanol–water partition coefficient (Wildman–Crippen LogP) is 6.23. The van der Waals surface area contributed by atoms with Crippen molar-refractivity contribution in [3.8, 4) is 0 Å². The monoisotopic (exact) mass is 376 g/mol. The van der Waals surface area contributed by atoms with E-state index in [0.29, 0.717) is 18.5 Å². The van der Waals surface area contributed by atoms with Crippen molar-refractivity contribution in [2.75, 3.05) is 4.90 Å². The van der Waals surface area contributed by atoms with E-state index in [2.05, 4.69) is 34.1 Å². The van der Waals surface area contributed by atoms with Gasteiger partial charge in [-0.05, 0) is 34.7 Å². The van der Waals surface area contributed by atoms with Crippen LogP contribution in [0.3, 0.4) is 0 Å². The molecule has 1 aromatic heterocycles. The predicted molar refractivity (Wildman–Crippen MR) is 109 cm³/mol. The van der Waals surface area contributed by atoms with Gasteiger partial charge in [-0.15, -0.1) is 0 Å². The summed E-state index contributed by atoms with van der Waals surface area (Å²) in [7, 11) is 0. The normalized spacial score (nSPS) is 10.9. The average Bonchev–Trinajstić information content (AvgIpc) is 2.69. The van der Waals surface area contributed by atoms with Crippen molar-refractivity contribution in [3.05, 3.63) is 107 Å². The van der Waals surface area contributed by atoms with Crippen molar-refractivity contribution >= 4 is 28.1 Å². The maximum absolute atomic E-state index is 14.8. The fourth-order valence-corrected chi connectivity index (χ4v) is 3.49. The Morgan fingerprint density at radius 1 is 0.815 bits per heavy atom. The molecule has 4 rings (SSSR count). The third-order valence-electron chi connectivity index (χ3n) is 4.55. The van der Waals surface area contributed by atoms with Gasteiger partial charge in [-0.2, -0.15) is 0 Å². The van der Waals surface area contributed by atoms with E-state index >= 15 is 0 Å². The molecule has 4 aromatic rings. The first-order valence-electron chi connectivity index (χ1n) is 8.77. The fraction of sp³-hybridized carbons (Fsp3) is 0.0870. The number of anilines is 1. The number of benzene rings is 3. The highest BCUT2D eigenvalue weighted by atomic mass is 35.5. The van der Waals surface area contributed by atoms with Gasteiger partial charge in [0.1, 0.15) is 11.0 Å². The van der Waals surface area contributed by atoms with E-state index in [-0.39, 0.29) is 11.0 Å². The summed E-state index contributed by atoms with van der Waals surface area (Å²) in [6.45, 7) is 1.36. The van der Waals surface area contributed by atoms with Gasteiger partial charge in [0.2, 0.25) is 0 Å². The zero-order valence-corrected chi connectivity index (χ0v) is 15.4. The van der Waals surface area contributed by atoms with Crippen LogP contribution in [0, 0.1) is 5.82 Å². The highest BCUT2D eigenvalue weighted by Crippen LogP contribution is 2.30. The molecule has 134 valence electrons. The van der Waals surface area contributed by atoms with Crippen molar-refractivity contribution in [2.45, 2.75) is 13.1 Å². The van der Waals surface area contributed by atoms with Crippen molar-refractivity contribution in [1.29, 1.82) is 0 Å². The van der Waals surface area contributed by atoms with E-state index in [9.17, 15) is 4.39 Å². The lowest BCUT2D eigenvalue weighted by atomic mass is 10.1. The summed E-state index contributed by atoms with van der Waals surface area (Å²) < 4.78 is 14.8. The van der Waals surface area contributed by atoms with Crippen molar-refractivity contribution in [1.82, 2.24) is 4.98 Å². The van der Waals surface area contributed by atoms with E-state index in [1.165, 1.54) is 11.1 Å². The summed E-state index contributed by atoms with van der Waals surface area (Å²) in [6, 6.07) is 25.7. The fourth-order valence-electron chi connectivity index (χ4n) is 3.24.